The second kappa shape index (κ2) is 6.37. The van der Waals surface area contributed by atoms with Crippen molar-refractivity contribution in [2.75, 3.05) is 5.32 Å². The Morgan fingerprint density at radius 2 is 2.04 bits per heavy atom. The van der Waals surface area contributed by atoms with Crippen molar-refractivity contribution in [1.82, 2.24) is 14.5 Å². The first-order valence-electron chi connectivity index (χ1n) is 7.67. The molecule has 2 aromatic carbocycles. The van der Waals surface area contributed by atoms with Gasteiger partial charge in [-0.05, 0) is 23.8 Å². The van der Waals surface area contributed by atoms with Crippen LogP contribution in [0, 0.1) is 0 Å². The zero-order valence-electron chi connectivity index (χ0n) is 13.1. The monoisotopic (exact) mass is 350 g/mol. The van der Waals surface area contributed by atoms with Crippen molar-refractivity contribution >= 4 is 33.1 Å². The van der Waals surface area contributed by atoms with Crippen molar-refractivity contribution in [2.24, 2.45) is 0 Å². The Labute approximate surface area is 146 Å². The molecular weight excluding hydrogens is 336 g/mol. The highest BCUT2D eigenvalue weighted by atomic mass is 32.1. The highest BCUT2D eigenvalue weighted by molar-refractivity contribution is 7.16. The summed E-state index contributed by atoms with van der Waals surface area (Å²) in [4.78, 5) is 31.5. The van der Waals surface area contributed by atoms with Crippen LogP contribution in [-0.2, 0) is 6.54 Å². The lowest BCUT2D eigenvalue weighted by Gasteiger charge is -2.08. The van der Waals surface area contributed by atoms with E-state index in [2.05, 4.69) is 15.3 Å². The Kier molecular flexibility index (Phi) is 3.91. The summed E-state index contributed by atoms with van der Waals surface area (Å²) in [6.07, 6.45) is 1.44. The van der Waals surface area contributed by atoms with Crippen LogP contribution >= 0.6 is 11.3 Å². The SMILES string of the molecule is O=C(Nc1ccc2ncsc2c1)c1c[nH]c(=O)n1Cc1ccccc1. The first-order valence-corrected chi connectivity index (χ1v) is 8.55. The number of aromatic nitrogens is 3. The average molecular weight is 350 g/mol. The van der Waals surface area contributed by atoms with Gasteiger partial charge in [-0.1, -0.05) is 30.3 Å². The zero-order valence-corrected chi connectivity index (χ0v) is 13.9. The topological polar surface area (TPSA) is 79.8 Å². The van der Waals surface area contributed by atoms with E-state index in [0.29, 0.717) is 17.9 Å². The molecule has 0 fully saturated rings. The van der Waals surface area contributed by atoms with Gasteiger partial charge in [0.15, 0.2) is 0 Å². The summed E-state index contributed by atoms with van der Waals surface area (Å²) in [6, 6.07) is 15.1. The van der Waals surface area contributed by atoms with Gasteiger partial charge in [0.05, 0.1) is 22.3 Å². The molecule has 0 aliphatic heterocycles. The number of nitrogens with zero attached hydrogens (tertiary/aromatic N) is 2. The molecule has 124 valence electrons. The van der Waals surface area contributed by atoms with Crippen LogP contribution in [-0.4, -0.2) is 20.4 Å². The number of hydrogen-bond acceptors (Lipinski definition) is 4. The van der Waals surface area contributed by atoms with Crippen molar-refractivity contribution in [1.29, 1.82) is 0 Å². The second-order valence-electron chi connectivity index (χ2n) is 5.54. The van der Waals surface area contributed by atoms with Crippen LogP contribution in [0.4, 0.5) is 5.69 Å². The molecule has 0 saturated carbocycles. The van der Waals surface area contributed by atoms with Crippen LogP contribution in [0.25, 0.3) is 10.2 Å². The summed E-state index contributed by atoms with van der Waals surface area (Å²) in [5.74, 6) is -0.335. The smallest absolute Gasteiger partial charge is 0.321 e. The van der Waals surface area contributed by atoms with Gasteiger partial charge in [-0.3, -0.25) is 9.36 Å². The first kappa shape index (κ1) is 15.3. The number of imidazole rings is 1. The Hall–Kier alpha value is -3.19. The lowest BCUT2D eigenvalue weighted by Crippen LogP contribution is -2.24. The van der Waals surface area contributed by atoms with Crippen molar-refractivity contribution in [3.05, 3.63) is 82.0 Å². The first-order chi connectivity index (χ1) is 12.2. The van der Waals surface area contributed by atoms with Gasteiger partial charge in [-0.25, -0.2) is 9.78 Å². The zero-order chi connectivity index (χ0) is 17.2. The van der Waals surface area contributed by atoms with Crippen LogP contribution in [0.5, 0.6) is 0 Å². The van der Waals surface area contributed by atoms with E-state index in [9.17, 15) is 9.59 Å². The summed E-state index contributed by atoms with van der Waals surface area (Å²) >= 11 is 1.51. The van der Waals surface area contributed by atoms with Crippen molar-refractivity contribution in [3.8, 4) is 0 Å². The molecule has 0 bridgehead atoms. The lowest BCUT2D eigenvalue weighted by molar-refractivity contribution is 0.101. The number of carbonyl (C=O) groups is 1. The normalized spacial score (nSPS) is 10.9. The van der Waals surface area contributed by atoms with E-state index >= 15 is 0 Å². The fourth-order valence-corrected chi connectivity index (χ4v) is 3.35. The molecule has 0 unspecified atom stereocenters. The Morgan fingerprint density at radius 3 is 2.88 bits per heavy atom. The minimum Gasteiger partial charge on any atom is -0.321 e. The van der Waals surface area contributed by atoms with E-state index in [1.54, 1.807) is 11.6 Å². The maximum atomic E-state index is 12.6. The molecule has 4 rings (SSSR count). The molecule has 7 heteroatoms. The summed E-state index contributed by atoms with van der Waals surface area (Å²) in [5.41, 5.74) is 4.25. The molecule has 0 aliphatic carbocycles. The third-order valence-corrected chi connectivity index (χ3v) is 4.67. The molecule has 25 heavy (non-hydrogen) atoms. The molecule has 0 aliphatic rings. The van der Waals surface area contributed by atoms with Gasteiger partial charge in [-0.2, -0.15) is 0 Å². The third kappa shape index (κ3) is 3.09. The number of fused-ring (bicyclic) bond motifs is 1. The van der Waals surface area contributed by atoms with Gasteiger partial charge < -0.3 is 10.3 Å². The molecule has 0 atom stereocenters. The predicted octanol–water partition coefficient (Wildman–Crippen LogP) is 3.09. The Morgan fingerprint density at radius 1 is 1.20 bits per heavy atom. The fraction of sp³-hybridized carbons (Fsp3) is 0.0556. The number of H-pyrrole nitrogens is 1. The van der Waals surface area contributed by atoms with E-state index in [4.69, 9.17) is 0 Å². The van der Waals surface area contributed by atoms with Crippen LogP contribution in [0.1, 0.15) is 16.1 Å². The van der Waals surface area contributed by atoms with Crippen LogP contribution in [0.3, 0.4) is 0 Å². The maximum absolute atomic E-state index is 12.6. The average Bonchev–Trinajstić information content (AvgIpc) is 3.23. The van der Waals surface area contributed by atoms with E-state index in [1.807, 2.05) is 42.5 Å². The molecule has 0 spiro atoms. The quantitative estimate of drug-likeness (QED) is 0.593. The largest absolute Gasteiger partial charge is 0.326 e. The van der Waals surface area contributed by atoms with Crippen LogP contribution in [0.2, 0.25) is 0 Å². The summed E-state index contributed by atoms with van der Waals surface area (Å²) in [7, 11) is 0. The van der Waals surface area contributed by atoms with Gasteiger partial charge >= 0.3 is 5.69 Å². The highest BCUT2D eigenvalue weighted by Crippen LogP contribution is 2.22. The number of hydrogen-bond donors (Lipinski definition) is 2. The number of anilines is 1. The maximum Gasteiger partial charge on any atom is 0.326 e. The van der Waals surface area contributed by atoms with Crippen LogP contribution < -0.4 is 11.0 Å². The number of rotatable bonds is 4. The molecule has 6 nitrogen and oxygen atoms in total. The van der Waals surface area contributed by atoms with E-state index < -0.39 is 0 Å². The van der Waals surface area contributed by atoms with Crippen molar-refractivity contribution in [3.63, 3.8) is 0 Å². The number of amides is 1. The second-order valence-corrected chi connectivity index (χ2v) is 6.43. The van der Waals surface area contributed by atoms with E-state index in [1.165, 1.54) is 22.1 Å². The highest BCUT2D eigenvalue weighted by Gasteiger charge is 2.15. The molecule has 1 amide bonds. The number of aromatic amines is 1. The molecule has 2 aromatic heterocycles. The molecule has 2 heterocycles. The van der Waals surface area contributed by atoms with E-state index in [-0.39, 0.29) is 11.6 Å². The third-order valence-electron chi connectivity index (χ3n) is 3.87. The molecule has 0 saturated heterocycles. The lowest BCUT2D eigenvalue weighted by atomic mass is 10.2. The van der Waals surface area contributed by atoms with Crippen molar-refractivity contribution in [2.45, 2.75) is 6.54 Å². The molecule has 0 radical (unpaired) electrons. The van der Waals surface area contributed by atoms with Gasteiger partial charge in [0.25, 0.3) is 5.91 Å². The number of carbonyl (C=O) groups excluding carboxylic acids is 1. The number of thiazole rings is 1. The predicted molar refractivity (Wildman–Crippen MR) is 98.2 cm³/mol. The number of nitrogens with one attached hydrogen (secondary N) is 2. The Balaban J connectivity index is 1.60. The standard InChI is InChI=1S/C18H14N4O2S/c23-17(21-13-6-7-14-16(8-13)25-11-20-14)15-9-19-18(24)22(15)10-12-4-2-1-3-5-12/h1-9,11H,10H2,(H,19,24)(H,21,23). The van der Waals surface area contributed by atoms with Gasteiger partial charge in [-0.15, -0.1) is 11.3 Å². The van der Waals surface area contributed by atoms with Gasteiger partial charge in [0.2, 0.25) is 0 Å². The summed E-state index contributed by atoms with van der Waals surface area (Å²) < 4.78 is 2.42. The van der Waals surface area contributed by atoms with E-state index in [0.717, 1.165) is 15.8 Å². The van der Waals surface area contributed by atoms with Gasteiger partial charge in [0, 0.05) is 11.9 Å². The summed E-state index contributed by atoms with van der Waals surface area (Å²) in [6.45, 7) is 0.333. The van der Waals surface area contributed by atoms with Crippen molar-refractivity contribution < 1.29 is 4.79 Å². The number of benzene rings is 2. The molecule has 4 aromatic rings. The molecular formula is C18H14N4O2S. The Bertz CT molecular complexity index is 1090. The minimum absolute atomic E-state index is 0.290. The van der Waals surface area contributed by atoms with Gasteiger partial charge in [0.1, 0.15) is 5.69 Å². The van der Waals surface area contributed by atoms with Crippen LogP contribution in [0.15, 0.2) is 65.0 Å². The molecule has 2 N–H and O–H groups in total. The summed E-state index contributed by atoms with van der Waals surface area (Å²) in [5, 5.41) is 2.84. The fourth-order valence-electron chi connectivity index (χ4n) is 2.63. The minimum atomic E-state index is -0.335.